The fourth-order valence-corrected chi connectivity index (χ4v) is 5.01. The van der Waals surface area contributed by atoms with E-state index >= 15 is 0 Å². The first-order chi connectivity index (χ1) is 22.1. The summed E-state index contributed by atoms with van der Waals surface area (Å²) in [5, 5.41) is 21.5. The summed E-state index contributed by atoms with van der Waals surface area (Å²) in [7, 11) is 3.02. The van der Waals surface area contributed by atoms with Gasteiger partial charge in [0.25, 0.3) is 5.91 Å². The number of aliphatic hydroxyl groups is 1. The van der Waals surface area contributed by atoms with Crippen LogP contribution in [0.5, 0.6) is 5.75 Å². The first-order valence-corrected chi connectivity index (χ1v) is 16.7. The van der Waals surface area contributed by atoms with Crippen LogP contribution in [-0.2, 0) is 0 Å². The van der Waals surface area contributed by atoms with Crippen molar-refractivity contribution in [1.29, 1.82) is 0 Å². The second kappa shape index (κ2) is 22.0. The van der Waals surface area contributed by atoms with Gasteiger partial charge < -0.3 is 25.8 Å². The van der Waals surface area contributed by atoms with Gasteiger partial charge in [-0.2, -0.15) is 18.3 Å². The number of alkyl halides is 3. The third-order valence-corrected chi connectivity index (χ3v) is 7.30. The van der Waals surface area contributed by atoms with E-state index in [1.54, 1.807) is 30.3 Å². The first kappa shape index (κ1) is 40.5. The molecule has 256 valence electrons. The van der Waals surface area contributed by atoms with E-state index in [1.807, 2.05) is 26.8 Å². The average molecular weight is 666 g/mol. The van der Waals surface area contributed by atoms with Crippen LogP contribution in [0.25, 0.3) is 5.52 Å². The van der Waals surface area contributed by atoms with E-state index in [-0.39, 0.29) is 40.8 Å². The van der Waals surface area contributed by atoms with Gasteiger partial charge in [-0.25, -0.2) is 4.52 Å². The highest BCUT2D eigenvalue weighted by Crippen LogP contribution is 2.41. The number of pyridine rings is 1. The lowest BCUT2D eigenvalue weighted by molar-refractivity contribution is -0.0327. The van der Waals surface area contributed by atoms with Crippen LogP contribution < -0.4 is 20.7 Å². The van der Waals surface area contributed by atoms with E-state index in [0.29, 0.717) is 34.9 Å². The molecule has 0 aliphatic carbocycles. The van der Waals surface area contributed by atoms with Gasteiger partial charge in [0.15, 0.2) is 0 Å². The van der Waals surface area contributed by atoms with Crippen LogP contribution in [0.4, 0.5) is 24.7 Å². The molecule has 0 radical (unpaired) electrons. The molecule has 0 spiro atoms. The fourth-order valence-electron chi connectivity index (χ4n) is 4.33. The minimum absolute atomic E-state index is 0.0332. The second-order valence-electron chi connectivity index (χ2n) is 9.93. The average Bonchev–Trinajstić information content (AvgIpc) is 3.40. The molecule has 0 saturated carbocycles. The van der Waals surface area contributed by atoms with E-state index in [9.17, 15) is 18.0 Å². The number of nitrogens with one attached hydrogen (secondary N) is 3. The normalized spacial score (nSPS) is 11.2. The molecule has 12 heteroatoms. The molecule has 46 heavy (non-hydrogen) atoms. The fraction of sp³-hybridized carbons (Fsp3) is 0.529. The quantitative estimate of drug-likeness (QED) is 0.0780. The zero-order valence-corrected chi connectivity index (χ0v) is 28.9. The third kappa shape index (κ3) is 13.4. The Balaban J connectivity index is 0.00000163. The van der Waals surface area contributed by atoms with Crippen LogP contribution in [-0.4, -0.2) is 59.5 Å². The van der Waals surface area contributed by atoms with Crippen LogP contribution in [0.1, 0.15) is 95.6 Å². The van der Waals surface area contributed by atoms with Crippen molar-refractivity contribution < 1.29 is 27.8 Å². The topological polar surface area (TPSA) is 99.9 Å². The second-order valence-corrected chi connectivity index (χ2v) is 11.0. The van der Waals surface area contributed by atoms with Crippen molar-refractivity contribution in [3.63, 3.8) is 0 Å². The zero-order chi connectivity index (χ0) is 34.5. The number of amides is 1. The highest BCUT2D eigenvalue weighted by molar-refractivity contribution is 8.00. The number of methoxy groups -OCH3 is 1. The molecule has 3 rings (SSSR count). The van der Waals surface area contributed by atoms with Crippen molar-refractivity contribution in [2.45, 2.75) is 96.0 Å². The smallest absolute Gasteiger partial charge is 0.446 e. The number of halogens is 3. The number of hydrogen-bond donors (Lipinski definition) is 4. The molecule has 3 aromatic rings. The summed E-state index contributed by atoms with van der Waals surface area (Å²) >= 11 is -0.207. The number of rotatable bonds is 14. The Hall–Kier alpha value is -3.56. The number of thioether (sulfide) groups is 1. The van der Waals surface area contributed by atoms with Gasteiger partial charge in [-0.1, -0.05) is 72.3 Å². The van der Waals surface area contributed by atoms with E-state index in [0.717, 1.165) is 44.9 Å². The van der Waals surface area contributed by atoms with Gasteiger partial charge in [-0.3, -0.25) is 4.79 Å². The van der Waals surface area contributed by atoms with Gasteiger partial charge in [0.1, 0.15) is 17.3 Å². The predicted octanol–water partition coefficient (Wildman–Crippen LogP) is 8.35. The zero-order valence-electron chi connectivity index (χ0n) is 28.1. The maximum Gasteiger partial charge on any atom is 0.446 e. The molecule has 2 aromatic heterocycles. The molecule has 8 nitrogen and oxygen atoms in total. The Kier molecular flexibility index (Phi) is 19.4. The number of carbonyl (C=O) groups is 1. The number of anilines is 2. The molecule has 0 aliphatic heterocycles. The Bertz CT molecular complexity index is 1380. The van der Waals surface area contributed by atoms with Crippen molar-refractivity contribution >= 4 is 34.7 Å². The minimum Gasteiger partial charge on any atom is -0.495 e. The number of carbonyl (C=O) groups excluding carboxylic acids is 1. The third-order valence-electron chi connectivity index (χ3n) is 6.46. The van der Waals surface area contributed by atoms with Crippen LogP contribution >= 0.6 is 11.8 Å². The van der Waals surface area contributed by atoms with Crippen LogP contribution in [0.15, 0.2) is 41.3 Å². The predicted molar refractivity (Wildman–Crippen MR) is 184 cm³/mol. The SMILES string of the molecule is CC.CCCCCC(CCC)Nc1cccc2c(SC(F)(F)F)c(C#CCNc3ccc(C(=O)NC)cc3OC)nn12.CCCO. The summed E-state index contributed by atoms with van der Waals surface area (Å²) in [5.74, 6) is 6.54. The lowest BCUT2D eigenvalue weighted by Gasteiger charge is -2.20. The van der Waals surface area contributed by atoms with Crippen LogP contribution in [0.2, 0.25) is 0 Å². The molecule has 1 amide bonds. The van der Waals surface area contributed by atoms with Crippen molar-refractivity contribution in [2.75, 3.05) is 37.9 Å². The Morgan fingerprint density at radius 3 is 2.39 bits per heavy atom. The van der Waals surface area contributed by atoms with Gasteiger partial charge in [-0.05, 0) is 67.3 Å². The number of aliphatic hydroxyl groups excluding tert-OH is 1. The van der Waals surface area contributed by atoms with Gasteiger partial charge in [0.05, 0.1) is 29.8 Å². The summed E-state index contributed by atoms with van der Waals surface area (Å²) in [6.07, 6.45) is 7.15. The summed E-state index contributed by atoms with van der Waals surface area (Å²) in [4.78, 5) is 11.9. The number of nitrogens with zero attached hydrogens (tertiary/aromatic N) is 2. The lowest BCUT2D eigenvalue weighted by atomic mass is 10.0. The van der Waals surface area contributed by atoms with E-state index < -0.39 is 5.51 Å². The molecule has 0 saturated heterocycles. The molecule has 0 bridgehead atoms. The molecule has 1 atom stereocenters. The van der Waals surface area contributed by atoms with Crippen molar-refractivity contribution in [3.05, 3.63) is 47.7 Å². The summed E-state index contributed by atoms with van der Waals surface area (Å²) in [5.41, 5.74) is -3.06. The molecular weight excluding hydrogens is 615 g/mol. The van der Waals surface area contributed by atoms with E-state index in [4.69, 9.17) is 9.84 Å². The lowest BCUT2D eigenvalue weighted by Crippen LogP contribution is -2.21. The molecule has 0 aliphatic rings. The highest BCUT2D eigenvalue weighted by atomic mass is 32.2. The highest BCUT2D eigenvalue weighted by Gasteiger charge is 2.33. The first-order valence-electron chi connectivity index (χ1n) is 15.9. The number of hydrogen-bond acceptors (Lipinski definition) is 7. The Labute approximate surface area is 276 Å². The number of aromatic nitrogens is 2. The Morgan fingerprint density at radius 2 is 1.80 bits per heavy atom. The Morgan fingerprint density at radius 1 is 1.09 bits per heavy atom. The van der Waals surface area contributed by atoms with Gasteiger partial charge in [0, 0.05) is 25.3 Å². The van der Waals surface area contributed by atoms with Gasteiger partial charge in [0.2, 0.25) is 0 Å². The maximum atomic E-state index is 13.5. The molecule has 1 aromatic carbocycles. The van der Waals surface area contributed by atoms with Crippen LogP contribution in [0.3, 0.4) is 0 Å². The molecular formula is C34H50F3N5O3S. The summed E-state index contributed by atoms with van der Waals surface area (Å²) in [6, 6.07) is 10.3. The van der Waals surface area contributed by atoms with Crippen molar-refractivity contribution in [1.82, 2.24) is 14.9 Å². The van der Waals surface area contributed by atoms with Crippen LogP contribution in [0, 0.1) is 11.8 Å². The number of benzene rings is 1. The molecule has 1 unspecified atom stereocenters. The minimum atomic E-state index is -4.49. The van der Waals surface area contributed by atoms with Gasteiger partial charge >= 0.3 is 5.51 Å². The summed E-state index contributed by atoms with van der Waals surface area (Å²) in [6.45, 7) is 10.7. The van der Waals surface area contributed by atoms with E-state index in [2.05, 4.69) is 46.7 Å². The monoisotopic (exact) mass is 665 g/mol. The molecule has 4 N–H and O–H groups in total. The number of unbranched alkanes of at least 4 members (excludes halogenated alkanes) is 2. The molecule has 0 fully saturated rings. The largest absolute Gasteiger partial charge is 0.495 e. The standard InChI is InChI=1S/C29H36F3N5O2S.C3H8O.C2H6/c1-5-7-8-12-21(11-6-2)35-26-15-9-14-24-27(40-29(30,31)32)23(36-37(24)26)13-10-18-34-22-17-16-20(28(38)33-3)19-25(22)39-4;1-2-3-4;1-2/h9,14-17,19,21,34-35H,5-8,11-12,18H2,1-4H3,(H,33,38);4H,2-3H2,1H3;1-2H3. The van der Waals surface area contributed by atoms with Crippen molar-refractivity contribution in [2.24, 2.45) is 0 Å². The number of ether oxygens (including phenoxy) is 1. The summed E-state index contributed by atoms with van der Waals surface area (Å²) < 4.78 is 47.5. The van der Waals surface area contributed by atoms with Gasteiger partial charge in [-0.15, -0.1) is 0 Å². The maximum absolute atomic E-state index is 13.5. The number of fused-ring (bicyclic) bond motifs is 1. The van der Waals surface area contributed by atoms with Crippen molar-refractivity contribution in [3.8, 4) is 17.6 Å². The molecule has 2 heterocycles. The van der Waals surface area contributed by atoms with E-state index in [1.165, 1.54) is 18.7 Å².